The van der Waals surface area contributed by atoms with Crippen LogP contribution in [0, 0.1) is 10.1 Å². The summed E-state index contributed by atoms with van der Waals surface area (Å²) in [6.07, 6.45) is 4.09. The fourth-order valence-corrected chi connectivity index (χ4v) is 3.23. The second-order valence-electron chi connectivity index (χ2n) is 6.45. The lowest BCUT2D eigenvalue weighted by molar-refractivity contribution is -0.383. The van der Waals surface area contributed by atoms with Gasteiger partial charge in [0, 0.05) is 19.2 Å². The van der Waals surface area contributed by atoms with Crippen LogP contribution < -0.4 is 25.4 Å². The van der Waals surface area contributed by atoms with Crippen molar-refractivity contribution in [3.05, 3.63) is 28.3 Å². The first kappa shape index (κ1) is 19.5. The zero-order valence-corrected chi connectivity index (χ0v) is 16.0. The molecule has 0 spiro atoms. The molecule has 10 nitrogen and oxygen atoms in total. The van der Waals surface area contributed by atoms with Gasteiger partial charge in [-0.3, -0.25) is 10.1 Å². The van der Waals surface area contributed by atoms with E-state index in [0.717, 1.165) is 25.7 Å². The summed E-state index contributed by atoms with van der Waals surface area (Å²) in [5.74, 6) is 1.39. The maximum atomic E-state index is 11.6. The molecule has 1 aromatic carbocycles. The van der Waals surface area contributed by atoms with Gasteiger partial charge in [-0.1, -0.05) is 12.8 Å². The van der Waals surface area contributed by atoms with Crippen LogP contribution in [0.1, 0.15) is 25.7 Å². The van der Waals surface area contributed by atoms with Gasteiger partial charge in [0.2, 0.25) is 17.6 Å². The fraction of sp³-hybridized carbons (Fsp3) is 0.444. The number of nitrogens with two attached hydrogens (primary N) is 1. The largest absolute Gasteiger partial charge is 0.497 e. The van der Waals surface area contributed by atoms with Gasteiger partial charge in [0.25, 0.3) is 0 Å². The number of nitro groups is 1. The van der Waals surface area contributed by atoms with Crippen LogP contribution in [0.15, 0.2) is 18.2 Å². The van der Waals surface area contributed by atoms with Gasteiger partial charge in [-0.15, -0.1) is 0 Å². The molecule has 0 radical (unpaired) electrons. The van der Waals surface area contributed by atoms with Crippen molar-refractivity contribution in [3.63, 3.8) is 0 Å². The third-order valence-electron chi connectivity index (χ3n) is 4.63. The lowest BCUT2D eigenvalue weighted by atomic mass is 10.2. The molecule has 2 aromatic rings. The van der Waals surface area contributed by atoms with Gasteiger partial charge < -0.3 is 25.4 Å². The Kier molecular flexibility index (Phi) is 5.97. The van der Waals surface area contributed by atoms with E-state index in [-0.39, 0.29) is 23.3 Å². The van der Waals surface area contributed by atoms with Crippen molar-refractivity contribution in [1.82, 2.24) is 9.97 Å². The molecular formula is C18H24N6O4. The normalized spacial score (nSPS) is 14.3. The van der Waals surface area contributed by atoms with E-state index in [1.54, 1.807) is 32.4 Å². The third kappa shape index (κ3) is 4.16. The number of methoxy groups -OCH3 is 2. The van der Waals surface area contributed by atoms with E-state index < -0.39 is 4.92 Å². The molecule has 0 bridgehead atoms. The Labute approximate surface area is 162 Å². The average Bonchev–Trinajstić information content (AvgIpc) is 2.96. The van der Waals surface area contributed by atoms with Crippen LogP contribution in [0.2, 0.25) is 0 Å². The van der Waals surface area contributed by atoms with Gasteiger partial charge >= 0.3 is 5.69 Å². The van der Waals surface area contributed by atoms with Gasteiger partial charge in [0.05, 0.1) is 24.8 Å². The summed E-state index contributed by atoms with van der Waals surface area (Å²) in [6, 6.07) is 5.23. The van der Waals surface area contributed by atoms with Crippen LogP contribution in [0.5, 0.6) is 11.5 Å². The number of rotatable bonds is 6. The topological polar surface area (TPSA) is 129 Å². The Morgan fingerprint density at radius 1 is 1.14 bits per heavy atom. The minimum Gasteiger partial charge on any atom is -0.497 e. The number of nitrogen functional groups attached to an aromatic ring is 1. The van der Waals surface area contributed by atoms with Crippen LogP contribution in [-0.2, 0) is 0 Å². The maximum Gasteiger partial charge on any atom is 0.353 e. The molecule has 2 heterocycles. The number of nitrogens with one attached hydrogen (secondary N) is 1. The van der Waals surface area contributed by atoms with Crippen molar-refractivity contribution in [2.75, 3.05) is 43.3 Å². The lowest BCUT2D eigenvalue weighted by Crippen LogP contribution is -2.26. The zero-order valence-electron chi connectivity index (χ0n) is 16.0. The molecule has 0 unspecified atom stereocenters. The summed E-state index contributed by atoms with van der Waals surface area (Å²) in [6.45, 7) is 1.39. The first-order valence-corrected chi connectivity index (χ1v) is 9.09. The summed E-state index contributed by atoms with van der Waals surface area (Å²) in [5, 5.41) is 14.6. The number of anilines is 4. The molecule has 10 heteroatoms. The predicted molar refractivity (Wildman–Crippen MR) is 107 cm³/mol. The van der Waals surface area contributed by atoms with Crippen LogP contribution >= 0.6 is 0 Å². The Balaban J connectivity index is 2.02. The minimum atomic E-state index is -0.522. The van der Waals surface area contributed by atoms with Gasteiger partial charge in [0.15, 0.2) is 0 Å². The van der Waals surface area contributed by atoms with E-state index in [9.17, 15) is 10.1 Å². The number of aromatic nitrogens is 2. The van der Waals surface area contributed by atoms with Crippen molar-refractivity contribution in [1.29, 1.82) is 0 Å². The van der Waals surface area contributed by atoms with Crippen molar-refractivity contribution in [2.24, 2.45) is 0 Å². The molecule has 1 aliphatic heterocycles. The molecule has 0 amide bonds. The van der Waals surface area contributed by atoms with Crippen molar-refractivity contribution in [3.8, 4) is 11.5 Å². The highest BCUT2D eigenvalue weighted by atomic mass is 16.6. The molecule has 0 saturated carbocycles. The average molecular weight is 388 g/mol. The van der Waals surface area contributed by atoms with E-state index in [0.29, 0.717) is 30.3 Å². The molecule has 1 fully saturated rings. The van der Waals surface area contributed by atoms with Crippen LogP contribution in [0.3, 0.4) is 0 Å². The van der Waals surface area contributed by atoms with Crippen molar-refractivity contribution in [2.45, 2.75) is 25.7 Å². The monoisotopic (exact) mass is 388 g/mol. The predicted octanol–water partition coefficient (Wildman–Crippen LogP) is 3.11. The van der Waals surface area contributed by atoms with E-state index in [2.05, 4.69) is 15.3 Å². The maximum absolute atomic E-state index is 11.6. The molecule has 0 aliphatic carbocycles. The summed E-state index contributed by atoms with van der Waals surface area (Å²) in [4.78, 5) is 21.5. The Hall–Kier alpha value is -3.30. The molecule has 150 valence electrons. The van der Waals surface area contributed by atoms with Gasteiger partial charge in [-0.2, -0.15) is 9.97 Å². The van der Waals surface area contributed by atoms with E-state index in [1.165, 1.54) is 0 Å². The molecule has 3 rings (SSSR count). The van der Waals surface area contributed by atoms with Crippen molar-refractivity contribution < 1.29 is 14.4 Å². The number of nitrogens with zero attached hydrogens (tertiary/aromatic N) is 4. The van der Waals surface area contributed by atoms with Crippen LogP contribution in [0.25, 0.3) is 0 Å². The standard InChI is InChI=1S/C18H24N6O4/c1-27-12-7-8-14(28-2)13(11-12)20-18-21-16(19)15(24(25)26)17(22-18)23-9-5-3-4-6-10-23/h7-8,11H,3-6,9-10H2,1-2H3,(H3,19,20,21,22). The summed E-state index contributed by atoms with van der Waals surface area (Å²) in [7, 11) is 3.10. The second kappa shape index (κ2) is 8.59. The Morgan fingerprint density at radius 3 is 2.46 bits per heavy atom. The van der Waals surface area contributed by atoms with Crippen LogP contribution in [-0.4, -0.2) is 42.2 Å². The van der Waals surface area contributed by atoms with Gasteiger partial charge in [0.1, 0.15) is 11.5 Å². The SMILES string of the molecule is COc1ccc(OC)c(Nc2nc(N)c([N+](=O)[O-])c(N3CCCCCC3)n2)c1. The van der Waals surface area contributed by atoms with E-state index in [1.807, 2.05) is 4.90 Å². The van der Waals surface area contributed by atoms with Crippen molar-refractivity contribution >= 4 is 29.0 Å². The molecule has 1 aliphatic rings. The van der Waals surface area contributed by atoms with E-state index >= 15 is 0 Å². The highest BCUT2D eigenvalue weighted by Crippen LogP contribution is 2.36. The minimum absolute atomic E-state index is 0.161. The summed E-state index contributed by atoms with van der Waals surface area (Å²) in [5.41, 5.74) is 6.24. The molecular weight excluding hydrogens is 364 g/mol. The Morgan fingerprint density at radius 2 is 1.86 bits per heavy atom. The molecule has 1 saturated heterocycles. The van der Waals surface area contributed by atoms with Gasteiger partial charge in [-0.05, 0) is 25.0 Å². The first-order chi connectivity index (χ1) is 13.5. The highest BCUT2D eigenvalue weighted by Gasteiger charge is 2.28. The molecule has 28 heavy (non-hydrogen) atoms. The second-order valence-corrected chi connectivity index (χ2v) is 6.45. The molecule has 0 atom stereocenters. The number of benzene rings is 1. The highest BCUT2D eigenvalue weighted by molar-refractivity contribution is 5.73. The first-order valence-electron chi connectivity index (χ1n) is 9.09. The number of hydrogen-bond acceptors (Lipinski definition) is 9. The van der Waals surface area contributed by atoms with Crippen LogP contribution in [0.4, 0.5) is 29.0 Å². The Bertz CT molecular complexity index is 852. The zero-order chi connectivity index (χ0) is 20.1. The smallest absolute Gasteiger partial charge is 0.353 e. The number of ether oxygens (including phenoxy) is 2. The van der Waals surface area contributed by atoms with Gasteiger partial charge in [-0.25, -0.2) is 0 Å². The summed E-state index contributed by atoms with van der Waals surface area (Å²) < 4.78 is 10.6. The molecule has 3 N–H and O–H groups in total. The number of hydrogen-bond donors (Lipinski definition) is 2. The fourth-order valence-electron chi connectivity index (χ4n) is 3.23. The molecule has 1 aromatic heterocycles. The quantitative estimate of drug-likeness (QED) is 0.566. The summed E-state index contributed by atoms with van der Waals surface area (Å²) >= 11 is 0. The lowest BCUT2D eigenvalue weighted by Gasteiger charge is -2.22. The van der Waals surface area contributed by atoms with E-state index in [4.69, 9.17) is 15.2 Å². The third-order valence-corrected chi connectivity index (χ3v) is 4.63.